The molecule has 5 heteroatoms. The van der Waals surface area contributed by atoms with E-state index < -0.39 is 0 Å². The van der Waals surface area contributed by atoms with E-state index >= 15 is 0 Å². The lowest BCUT2D eigenvalue weighted by Gasteiger charge is -2.19. The van der Waals surface area contributed by atoms with Crippen molar-refractivity contribution in [3.8, 4) is 0 Å². The van der Waals surface area contributed by atoms with Crippen molar-refractivity contribution in [2.45, 2.75) is 33.1 Å². The van der Waals surface area contributed by atoms with Crippen molar-refractivity contribution in [3.63, 3.8) is 0 Å². The molecule has 0 atom stereocenters. The van der Waals surface area contributed by atoms with Crippen LogP contribution in [0.3, 0.4) is 0 Å². The van der Waals surface area contributed by atoms with Crippen LogP contribution < -0.4 is 10.6 Å². The molecule has 0 fully saturated rings. The van der Waals surface area contributed by atoms with E-state index in [4.69, 9.17) is 0 Å². The van der Waals surface area contributed by atoms with Crippen molar-refractivity contribution in [1.82, 2.24) is 9.97 Å². The molecule has 0 bridgehead atoms. The first kappa shape index (κ1) is 15.8. The van der Waals surface area contributed by atoms with Crippen LogP contribution in [0.5, 0.6) is 0 Å². The van der Waals surface area contributed by atoms with Crippen LogP contribution in [0.25, 0.3) is 0 Å². The number of benzene rings is 1. The lowest BCUT2D eigenvalue weighted by atomic mass is 9.96. The first-order chi connectivity index (χ1) is 9.79. The number of nitrogens with zero attached hydrogens (tertiary/aromatic N) is 2. The van der Waals surface area contributed by atoms with Gasteiger partial charge in [0.15, 0.2) is 0 Å². The van der Waals surface area contributed by atoms with Crippen LogP contribution >= 0.6 is 15.9 Å². The molecule has 2 N–H and O–H groups in total. The van der Waals surface area contributed by atoms with E-state index in [1.54, 1.807) is 0 Å². The normalized spacial score (nSPS) is 11.3. The third-order valence-corrected chi connectivity index (χ3v) is 3.95. The second kappa shape index (κ2) is 6.02. The Balaban J connectivity index is 2.36. The molecule has 2 aromatic rings. The van der Waals surface area contributed by atoms with Crippen LogP contribution in [0.2, 0.25) is 0 Å². The van der Waals surface area contributed by atoms with E-state index in [-0.39, 0.29) is 5.41 Å². The van der Waals surface area contributed by atoms with Crippen molar-refractivity contribution in [2.75, 3.05) is 17.7 Å². The first-order valence-corrected chi connectivity index (χ1v) is 7.69. The van der Waals surface area contributed by atoms with E-state index in [1.807, 2.05) is 25.2 Å². The lowest BCUT2D eigenvalue weighted by Crippen LogP contribution is -2.17. The van der Waals surface area contributed by atoms with Crippen molar-refractivity contribution in [1.29, 1.82) is 0 Å². The van der Waals surface area contributed by atoms with Gasteiger partial charge in [-0.2, -0.15) is 0 Å². The molecule has 21 heavy (non-hydrogen) atoms. The summed E-state index contributed by atoms with van der Waals surface area (Å²) in [5.74, 6) is 2.40. The Bertz CT molecular complexity index is 647. The molecule has 0 saturated carbocycles. The summed E-state index contributed by atoms with van der Waals surface area (Å²) >= 11 is 3.55. The number of rotatable bonds is 3. The summed E-state index contributed by atoms with van der Waals surface area (Å²) in [6.45, 7) is 8.38. The first-order valence-electron chi connectivity index (χ1n) is 6.90. The summed E-state index contributed by atoms with van der Waals surface area (Å²) in [6.07, 6.45) is 0. The van der Waals surface area contributed by atoms with E-state index in [2.05, 4.69) is 70.3 Å². The number of aromatic nitrogens is 2. The number of nitrogens with one attached hydrogen (secondary N) is 2. The maximum atomic E-state index is 4.62. The summed E-state index contributed by atoms with van der Waals surface area (Å²) in [6, 6.07) is 8.06. The van der Waals surface area contributed by atoms with Gasteiger partial charge in [0.1, 0.15) is 17.5 Å². The molecule has 0 saturated heterocycles. The quantitative estimate of drug-likeness (QED) is 0.848. The van der Waals surface area contributed by atoms with Crippen LogP contribution in [0.4, 0.5) is 17.3 Å². The Morgan fingerprint density at radius 1 is 1.05 bits per heavy atom. The molecule has 2 rings (SSSR count). The van der Waals surface area contributed by atoms with Crippen LogP contribution in [0.15, 0.2) is 28.7 Å². The maximum absolute atomic E-state index is 4.62. The molecule has 1 aromatic carbocycles. The second-order valence-corrected chi connectivity index (χ2v) is 6.91. The standard InChI is InChI=1S/C16H21BrN4/c1-10-6-7-11(8-12(10)17)19-14-9-13(18-5)20-15(21-14)16(2,3)4/h6-9H,1-5H3,(H2,18,19,20,21). The summed E-state index contributed by atoms with van der Waals surface area (Å²) in [4.78, 5) is 9.15. The number of aryl methyl sites for hydroxylation is 1. The van der Waals surface area contributed by atoms with E-state index in [0.717, 1.165) is 27.6 Å². The van der Waals surface area contributed by atoms with Gasteiger partial charge in [0.05, 0.1) is 0 Å². The highest BCUT2D eigenvalue weighted by atomic mass is 79.9. The zero-order valence-electron chi connectivity index (χ0n) is 13.1. The van der Waals surface area contributed by atoms with Gasteiger partial charge in [0, 0.05) is 28.7 Å². The minimum atomic E-state index is -0.100. The van der Waals surface area contributed by atoms with Gasteiger partial charge in [-0.05, 0) is 24.6 Å². The van der Waals surface area contributed by atoms with Gasteiger partial charge in [-0.3, -0.25) is 0 Å². The molecule has 0 aliphatic carbocycles. The molecular weight excluding hydrogens is 328 g/mol. The Morgan fingerprint density at radius 2 is 1.71 bits per heavy atom. The Hall–Kier alpha value is -1.62. The summed E-state index contributed by atoms with van der Waals surface area (Å²) in [5, 5.41) is 6.42. The van der Waals surface area contributed by atoms with Crippen molar-refractivity contribution < 1.29 is 0 Å². The molecule has 112 valence electrons. The van der Waals surface area contributed by atoms with Crippen molar-refractivity contribution in [2.24, 2.45) is 0 Å². The zero-order chi connectivity index (χ0) is 15.6. The average molecular weight is 349 g/mol. The number of hydrogen-bond donors (Lipinski definition) is 2. The highest BCUT2D eigenvalue weighted by Gasteiger charge is 2.19. The molecule has 0 aliphatic heterocycles. The van der Waals surface area contributed by atoms with Gasteiger partial charge in [0.2, 0.25) is 0 Å². The highest BCUT2D eigenvalue weighted by molar-refractivity contribution is 9.10. The van der Waals surface area contributed by atoms with Crippen molar-refractivity contribution >= 4 is 33.3 Å². The summed E-state index contributed by atoms with van der Waals surface area (Å²) in [5.41, 5.74) is 2.10. The van der Waals surface area contributed by atoms with Crippen LogP contribution in [0.1, 0.15) is 32.2 Å². The zero-order valence-corrected chi connectivity index (χ0v) is 14.7. The molecule has 1 aromatic heterocycles. The SMILES string of the molecule is CNc1cc(Nc2ccc(C)c(Br)c2)nc(C(C)(C)C)n1. The van der Waals surface area contributed by atoms with Gasteiger partial charge in [-0.1, -0.05) is 42.8 Å². The molecule has 0 aliphatic rings. The third kappa shape index (κ3) is 3.94. The second-order valence-electron chi connectivity index (χ2n) is 6.05. The number of hydrogen-bond acceptors (Lipinski definition) is 4. The largest absolute Gasteiger partial charge is 0.373 e. The van der Waals surface area contributed by atoms with Gasteiger partial charge < -0.3 is 10.6 Å². The number of anilines is 3. The van der Waals surface area contributed by atoms with E-state index in [1.165, 1.54) is 5.56 Å². The molecular formula is C16H21BrN4. The highest BCUT2D eigenvalue weighted by Crippen LogP contribution is 2.26. The van der Waals surface area contributed by atoms with Gasteiger partial charge in [-0.25, -0.2) is 9.97 Å². The Kier molecular flexibility index (Phi) is 4.52. The predicted molar refractivity (Wildman–Crippen MR) is 92.4 cm³/mol. The number of halogens is 1. The van der Waals surface area contributed by atoms with Crippen molar-refractivity contribution in [3.05, 3.63) is 40.1 Å². The fourth-order valence-corrected chi connectivity index (χ4v) is 2.17. The molecule has 0 amide bonds. The van der Waals surface area contributed by atoms with E-state index in [0.29, 0.717) is 0 Å². The van der Waals surface area contributed by atoms with Gasteiger partial charge >= 0.3 is 0 Å². The monoisotopic (exact) mass is 348 g/mol. The summed E-state index contributed by atoms with van der Waals surface area (Å²) in [7, 11) is 1.86. The molecule has 0 unspecified atom stereocenters. The Morgan fingerprint density at radius 3 is 2.29 bits per heavy atom. The topological polar surface area (TPSA) is 49.8 Å². The average Bonchev–Trinajstić information content (AvgIpc) is 2.41. The van der Waals surface area contributed by atoms with Crippen LogP contribution in [-0.2, 0) is 5.41 Å². The smallest absolute Gasteiger partial charge is 0.138 e. The predicted octanol–water partition coefficient (Wildman–Crippen LogP) is 4.63. The molecule has 4 nitrogen and oxygen atoms in total. The minimum Gasteiger partial charge on any atom is -0.373 e. The maximum Gasteiger partial charge on any atom is 0.138 e. The van der Waals surface area contributed by atoms with Gasteiger partial charge in [-0.15, -0.1) is 0 Å². The molecule has 0 spiro atoms. The third-order valence-electron chi connectivity index (χ3n) is 3.10. The molecule has 0 radical (unpaired) electrons. The van der Waals surface area contributed by atoms with Crippen LogP contribution in [-0.4, -0.2) is 17.0 Å². The van der Waals surface area contributed by atoms with E-state index in [9.17, 15) is 0 Å². The fourth-order valence-electron chi connectivity index (χ4n) is 1.79. The lowest BCUT2D eigenvalue weighted by molar-refractivity contribution is 0.547. The van der Waals surface area contributed by atoms with Crippen LogP contribution in [0, 0.1) is 6.92 Å². The summed E-state index contributed by atoms with van der Waals surface area (Å²) < 4.78 is 1.08. The Labute approximate surface area is 134 Å². The fraction of sp³-hybridized carbons (Fsp3) is 0.375. The molecule has 1 heterocycles. The minimum absolute atomic E-state index is 0.100. The van der Waals surface area contributed by atoms with Gasteiger partial charge in [0.25, 0.3) is 0 Å².